The molecule has 3 rings (SSSR count). The van der Waals surface area contributed by atoms with Gasteiger partial charge in [-0.2, -0.15) is 4.80 Å². The van der Waals surface area contributed by atoms with Gasteiger partial charge in [0.2, 0.25) is 5.82 Å². The summed E-state index contributed by atoms with van der Waals surface area (Å²) in [5, 5.41) is 12.6. The Balaban J connectivity index is 1.80. The molecule has 0 atom stereocenters. The number of methoxy groups -OCH3 is 1. The second kappa shape index (κ2) is 6.05. The topological polar surface area (TPSA) is 52.8 Å². The first kappa shape index (κ1) is 13.8. The van der Waals surface area contributed by atoms with E-state index in [-0.39, 0.29) is 0 Å². The van der Waals surface area contributed by atoms with Crippen molar-refractivity contribution in [1.29, 1.82) is 0 Å². The van der Waals surface area contributed by atoms with Crippen LogP contribution in [0.5, 0.6) is 5.75 Å². The summed E-state index contributed by atoms with van der Waals surface area (Å²) in [4.78, 5) is 1.58. The van der Waals surface area contributed by atoms with Crippen LogP contribution in [0.15, 0.2) is 53.0 Å². The van der Waals surface area contributed by atoms with Crippen molar-refractivity contribution in [3.8, 4) is 17.1 Å². The number of halogens is 1. The van der Waals surface area contributed by atoms with E-state index in [1.165, 1.54) is 0 Å². The molecule has 0 N–H and O–H groups in total. The van der Waals surface area contributed by atoms with Crippen molar-refractivity contribution in [2.45, 2.75) is 6.54 Å². The third-order valence-electron chi connectivity index (χ3n) is 3.03. The van der Waals surface area contributed by atoms with Crippen LogP contribution in [-0.2, 0) is 6.54 Å². The number of ether oxygens (including phenoxy) is 1. The van der Waals surface area contributed by atoms with Gasteiger partial charge in [-0.3, -0.25) is 0 Å². The highest BCUT2D eigenvalue weighted by Gasteiger charge is 2.07. The lowest BCUT2D eigenvalue weighted by atomic mass is 10.2. The molecule has 0 radical (unpaired) electrons. The molecule has 0 aliphatic heterocycles. The molecule has 2 aromatic carbocycles. The molecule has 0 amide bonds. The lowest BCUT2D eigenvalue weighted by molar-refractivity contribution is 0.412. The summed E-state index contributed by atoms with van der Waals surface area (Å²) in [6, 6.07) is 15.7. The summed E-state index contributed by atoms with van der Waals surface area (Å²) in [5.41, 5.74) is 2.03. The number of hydrogen-bond donors (Lipinski definition) is 0. The molecule has 0 fully saturated rings. The van der Waals surface area contributed by atoms with Crippen LogP contribution < -0.4 is 4.74 Å². The highest BCUT2D eigenvalue weighted by atomic mass is 79.9. The van der Waals surface area contributed by atoms with Crippen LogP contribution in [0.4, 0.5) is 0 Å². The fourth-order valence-electron chi connectivity index (χ4n) is 1.98. The van der Waals surface area contributed by atoms with E-state index >= 15 is 0 Å². The molecular weight excluding hydrogens is 332 g/mol. The van der Waals surface area contributed by atoms with Crippen LogP contribution in [-0.4, -0.2) is 27.3 Å². The molecule has 5 nitrogen and oxygen atoms in total. The zero-order valence-electron chi connectivity index (χ0n) is 11.4. The average Bonchev–Trinajstić information content (AvgIpc) is 2.97. The van der Waals surface area contributed by atoms with Gasteiger partial charge < -0.3 is 4.74 Å². The quantitative estimate of drug-likeness (QED) is 0.729. The normalized spacial score (nSPS) is 10.6. The largest absolute Gasteiger partial charge is 0.496 e. The van der Waals surface area contributed by atoms with Crippen LogP contribution in [0.3, 0.4) is 0 Å². The molecule has 0 saturated heterocycles. The number of rotatable bonds is 4. The minimum Gasteiger partial charge on any atom is -0.496 e. The Hall–Kier alpha value is -2.21. The Labute approximate surface area is 130 Å². The van der Waals surface area contributed by atoms with E-state index in [0.29, 0.717) is 12.4 Å². The molecule has 0 saturated carbocycles. The van der Waals surface area contributed by atoms with E-state index < -0.39 is 0 Å². The maximum atomic E-state index is 5.21. The minimum atomic E-state index is 0.558. The van der Waals surface area contributed by atoms with Crippen molar-refractivity contribution in [2.75, 3.05) is 7.11 Å². The van der Waals surface area contributed by atoms with Crippen molar-refractivity contribution in [2.24, 2.45) is 0 Å². The molecule has 0 aliphatic carbocycles. The smallest absolute Gasteiger partial charge is 0.204 e. The molecule has 3 aromatic rings. The third kappa shape index (κ3) is 3.11. The maximum Gasteiger partial charge on any atom is 0.204 e. The summed E-state index contributed by atoms with van der Waals surface area (Å²) >= 11 is 3.47. The van der Waals surface area contributed by atoms with Crippen LogP contribution in [0.1, 0.15) is 5.56 Å². The van der Waals surface area contributed by atoms with Crippen LogP contribution >= 0.6 is 15.9 Å². The first-order valence-electron chi connectivity index (χ1n) is 6.42. The molecule has 106 valence electrons. The van der Waals surface area contributed by atoms with E-state index in [0.717, 1.165) is 21.3 Å². The van der Waals surface area contributed by atoms with E-state index in [2.05, 4.69) is 31.3 Å². The molecule has 6 heteroatoms. The molecule has 0 bridgehead atoms. The van der Waals surface area contributed by atoms with Gasteiger partial charge in [0.1, 0.15) is 5.75 Å². The van der Waals surface area contributed by atoms with Gasteiger partial charge in [-0.05, 0) is 38.8 Å². The van der Waals surface area contributed by atoms with Crippen LogP contribution in [0, 0.1) is 0 Å². The SMILES string of the molecule is COc1ccc(Cn2nnc(-c3ccccc3)n2)cc1Br. The summed E-state index contributed by atoms with van der Waals surface area (Å²) in [5.74, 6) is 1.43. The van der Waals surface area contributed by atoms with Gasteiger partial charge >= 0.3 is 0 Å². The van der Waals surface area contributed by atoms with Crippen molar-refractivity contribution >= 4 is 15.9 Å². The van der Waals surface area contributed by atoms with Crippen molar-refractivity contribution in [3.63, 3.8) is 0 Å². The number of aromatic nitrogens is 4. The van der Waals surface area contributed by atoms with Crippen molar-refractivity contribution < 1.29 is 4.74 Å². The van der Waals surface area contributed by atoms with Gasteiger partial charge in [-0.15, -0.1) is 10.2 Å². The fraction of sp³-hybridized carbons (Fsp3) is 0.133. The monoisotopic (exact) mass is 344 g/mol. The average molecular weight is 345 g/mol. The minimum absolute atomic E-state index is 0.558. The van der Waals surface area contributed by atoms with Gasteiger partial charge in [0.25, 0.3) is 0 Å². The predicted octanol–water partition coefficient (Wildman–Crippen LogP) is 3.16. The highest BCUT2D eigenvalue weighted by molar-refractivity contribution is 9.10. The molecule has 1 heterocycles. The Bertz CT molecular complexity index is 742. The van der Waals surface area contributed by atoms with E-state index in [9.17, 15) is 0 Å². The first-order chi connectivity index (χ1) is 10.3. The molecule has 21 heavy (non-hydrogen) atoms. The van der Waals surface area contributed by atoms with Gasteiger partial charge in [0, 0.05) is 5.56 Å². The van der Waals surface area contributed by atoms with E-state index in [1.807, 2.05) is 48.5 Å². The number of tetrazole rings is 1. The number of nitrogens with zero attached hydrogens (tertiary/aromatic N) is 4. The highest BCUT2D eigenvalue weighted by Crippen LogP contribution is 2.25. The summed E-state index contributed by atoms with van der Waals surface area (Å²) in [6.07, 6.45) is 0. The van der Waals surface area contributed by atoms with Gasteiger partial charge in [-0.1, -0.05) is 36.4 Å². The molecule has 1 aromatic heterocycles. The Kier molecular flexibility index (Phi) is 3.96. The van der Waals surface area contributed by atoms with Gasteiger partial charge in [-0.25, -0.2) is 0 Å². The number of hydrogen-bond acceptors (Lipinski definition) is 4. The zero-order valence-corrected chi connectivity index (χ0v) is 13.0. The summed E-state index contributed by atoms with van der Waals surface area (Å²) in [7, 11) is 1.64. The zero-order chi connectivity index (χ0) is 14.7. The molecule has 0 aliphatic rings. The Morgan fingerprint density at radius 2 is 1.95 bits per heavy atom. The Morgan fingerprint density at radius 1 is 1.14 bits per heavy atom. The second-order valence-corrected chi connectivity index (χ2v) is 5.33. The first-order valence-corrected chi connectivity index (χ1v) is 7.21. The van der Waals surface area contributed by atoms with Crippen LogP contribution in [0.2, 0.25) is 0 Å². The number of benzene rings is 2. The van der Waals surface area contributed by atoms with Gasteiger partial charge in [0.05, 0.1) is 18.1 Å². The molecule has 0 spiro atoms. The lowest BCUT2D eigenvalue weighted by Crippen LogP contribution is -2.04. The van der Waals surface area contributed by atoms with E-state index in [1.54, 1.807) is 11.9 Å². The second-order valence-electron chi connectivity index (χ2n) is 4.48. The predicted molar refractivity (Wildman–Crippen MR) is 83.0 cm³/mol. The molecular formula is C15H13BrN4O. The van der Waals surface area contributed by atoms with Gasteiger partial charge in [0.15, 0.2) is 0 Å². The van der Waals surface area contributed by atoms with E-state index in [4.69, 9.17) is 4.74 Å². The summed E-state index contributed by atoms with van der Waals surface area (Å²) in [6.45, 7) is 0.558. The fourth-order valence-corrected chi connectivity index (χ4v) is 2.57. The van der Waals surface area contributed by atoms with Crippen molar-refractivity contribution in [3.05, 3.63) is 58.6 Å². The van der Waals surface area contributed by atoms with Crippen molar-refractivity contribution in [1.82, 2.24) is 20.2 Å². The maximum absolute atomic E-state index is 5.21. The lowest BCUT2D eigenvalue weighted by Gasteiger charge is -2.05. The standard InChI is InChI=1S/C15H13BrN4O/c1-21-14-8-7-11(9-13(14)16)10-20-18-15(17-19-20)12-5-3-2-4-6-12/h2-9H,10H2,1H3. The summed E-state index contributed by atoms with van der Waals surface area (Å²) < 4.78 is 6.12. The molecule has 0 unspecified atom stereocenters. The third-order valence-corrected chi connectivity index (χ3v) is 3.64. The Morgan fingerprint density at radius 3 is 2.67 bits per heavy atom. The van der Waals surface area contributed by atoms with Crippen LogP contribution in [0.25, 0.3) is 11.4 Å².